The lowest BCUT2D eigenvalue weighted by molar-refractivity contribution is 0.0695. The summed E-state index contributed by atoms with van der Waals surface area (Å²) in [5.74, 6) is -2.30. The van der Waals surface area contributed by atoms with Crippen LogP contribution in [0.3, 0.4) is 0 Å². The third-order valence-corrected chi connectivity index (χ3v) is 5.08. The van der Waals surface area contributed by atoms with Crippen molar-refractivity contribution in [1.29, 1.82) is 0 Å². The Bertz CT molecular complexity index is 963. The summed E-state index contributed by atoms with van der Waals surface area (Å²) in [7, 11) is 0. The Balaban J connectivity index is 1.92. The van der Waals surface area contributed by atoms with Gasteiger partial charge in [0.15, 0.2) is 11.6 Å². The molecular formula is C17H16ClFN2O4. The van der Waals surface area contributed by atoms with Crippen LogP contribution >= 0.6 is 11.6 Å². The van der Waals surface area contributed by atoms with E-state index in [1.807, 2.05) is 0 Å². The van der Waals surface area contributed by atoms with Crippen LogP contribution in [-0.4, -0.2) is 27.8 Å². The van der Waals surface area contributed by atoms with E-state index in [1.165, 1.54) is 6.20 Å². The standard InChI is InChI=1S/C17H16ClFN2O4/c18-12-13-9(5-11(19)15(12)25-7-17(20)3-4-17)14(22)10(16(23)24)6-21(13)8-1-2-8/h5-6,8H,1-4,7,20H2,(H,23,24). The molecule has 2 aliphatic carbocycles. The number of nitrogens with two attached hydrogens (primary N) is 1. The maximum atomic E-state index is 14.5. The molecule has 3 N–H and O–H groups in total. The summed E-state index contributed by atoms with van der Waals surface area (Å²) >= 11 is 6.36. The monoisotopic (exact) mass is 366 g/mol. The van der Waals surface area contributed by atoms with Crippen molar-refractivity contribution in [2.75, 3.05) is 6.61 Å². The molecule has 2 fully saturated rings. The zero-order valence-corrected chi connectivity index (χ0v) is 14.0. The van der Waals surface area contributed by atoms with Crippen LogP contribution < -0.4 is 15.9 Å². The number of aromatic carboxylic acids is 1. The number of rotatable bonds is 5. The number of pyridine rings is 1. The highest BCUT2D eigenvalue weighted by Crippen LogP contribution is 2.42. The fourth-order valence-corrected chi connectivity index (χ4v) is 3.21. The van der Waals surface area contributed by atoms with Crippen molar-refractivity contribution in [3.8, 4) is 5.75 Å². The molecule has 1 aromatic carbocycles. The van der Waals surface area contributed by atoms with Crippen LogP contribution in [-0.2, 0) is 0 Å². The normalized spacial score (nSPS) is 18.4. The molecule has 1 aromatic heterocycles. The summed E-state index contributed by atoms with van der Waals surface area (Å²) in [5, 5.41) is 9.16. The van der Waals surface area contributed by atoms with Gasteiger partial charge in [0.25, 0.3) is 0 Å². The molecule has 0 saturated heterocycles. The van der Waals surface area contributed by atoms with E-state index in [0.717, 1.165) is 31.7 Å². The first-order chi connectivity index (χ1) is 11.8. The lowest BCUT2D eigenvalue weighted by atomic mass is 10.1. The second kappa shape index (κ2) is 5.44. The van der Waals surface area contributed by atoms with Crippen LogP contribution in [0.25, 0.3) is 10.9 Å². The molecule has 4 rings (SSSR count). The SMILES string of the molecule is NC1(COc2c(F)cc3c(=O)c(C(=O)O)cn(C4CC4)c3c2Cl)CC1. The van der Waals surface area contributed by atoms with Gasteiger partial charge in [-0.15, -0.1) is 0 Å². The molecule has 2 saturated carbocycles. The summed E-state index contributed by atoms with van der Waals surface area (Å²) in [4.78, 5) is 23.8. The van der Waals surface area contributed by atoms with Crippen molar-refractivity contribution in [3.05, 3.63) is 38.9 Å². The van der Waals surface area contributed by atoms with Crippen molar-refractivity contribution in [2.45, 2.75) is 37.3 Å². The molecule has 1 heterocycles. The second-order valence-electron chi connectivity index (χ2n) is 6.86. The number of ether oxygens (including phenoxy) is 1. The maximum Gasteiger partial charge on any atom is 0.341 e. The van der Waals surface area contributed by atoms with Gasteiger partial charge >= 0.3 is 5.97 Å². The second-order valence-corrected chi connectivity index (χ2v) is 7.24. The summed E-state index contributed by atoms with van der Waals surface area (Å²) in [6.45, 7) is 0.135. The van der Waals surface area contributed by atoms with Crippen LogP contribution in [0.1, 0.15) is 42.1 Å². The molecule has 6 nitrogen and oxygen atoms in total. The van der Waals surface area contributed by atoms with Crippen molar-refractivity contribution >= 4 is 28.5 Å². The molecule has 0 amide bonds. The number of carboxylic acid groups (broad SMARTS) is 1. The van der Waals surface area contributed by atoms with Gasteiger partial charge in [-0.25, -0.2) is 9.18 Å². The van der Waals surface area contributed by atoms with E-state index in [4.69, 9.17) is 22.1 Å². The highest BCUT2D eigenvalue weighted by molar-refractivity contribution is 6.36. The molecule has 0 spiro atoms. The maximum absolute atomic E-state index is 14.5. The topological polar surface area (TPSA) is 94.6 Å². The summed E-state index contributed by atoms with van der Waals surface area (Å²) < 4.78 is 21.6. The number of carbonyl (C=O) groups is 1. The number of carboxylic acids is 1. The lowest BCUT2D eigenvalue weighted by Gasteiger charge is -2.17. The first-order valence-corrected chi connectivity index (χ1v) is 8.40. The smallest absolute Gasteiger partial charge is 0.341 e. The van der Waals surface area contributed by atoms with Gasteiger partial charge in [-0.1, -0.05) is 11.6 Å². The van der Waals surface area contributed by atoms with Gasteiger partial charge in [-0.2, -0.15) is 0 Å². The van der Waals surface area contributed by atoms with Crippen molar-refractivity contribution in [1.82, 2.24) is 4.57 Å². The predicted octanol–water partition coefficient (Wildman–Crippen LogP) is 2.70. The molecule has 0 atom stereocenters. The van der Waals surface area contributed by atoms with E-state index < -0.39 is 28.3 Å². The highest BCUT2D eigenvalue weighted by Gasteiger charge is 2.39. The minimum atomic E-state index is -1.35. The molecule has 0 unspecified atom stereocenters. The molecule has 25 heavy (non-hydrogen) atoms. The predicted molar refractivity (Wildman–Crippen MR) is 90.1 cm³/mol. The van der Waals surface area contributed by atoms with Gasteiger partial charge in [-0.05, 0) is 31.7 Å². The minimum Gasteiger partial charge on any atom is -0.487 e. The van der Waals surface area contributed by atoms with E-state index in [-0.39, 0.29) is 28.8 Å². The summed E-state index contributed by atoms with van der Waals surface area (Å²) in [5.41, 5.74) is 4.65. The van der Waals surface area contributed by atoms with Crippen LogP contribution in [0.5, 0.6) is 5.75 Å². The third-order valence-electron chi connectivity index (χ3n) is 4.73. The van der Waals surface area contributed by atoms with Gasteiger partial charge in [0, 0.05) is 12.2 Å². The van der Waals surface area contributed by atoms with Gasteiger partial charge in [0.2, 0.25) is 5.43 Å². The van der Waals surface area contributed by atoms with Gasteiger partial charge in [0.1, 0.15) is 17.2 Å². The van der Waals surface area contributed by atoms with Crippen molar-refractivity contribution in [3.63, 3.8) is 0 Å². The van der Waals surface area contributed by atoms with E-state index in [0.29, 0.717) is 5.52 Å². The average molecular weight is 367 g/mol. The number of aromatic nitrogens is 1. The molecule has 132 valence electrons. The molecular weight excluding hydrogens is 351 g/mol. The fourth-order valence-electron chi connectivity index (χ4n) is 2.87. The van der Waals surface area contributed by atoms with Gasteiger partial charge < -0.3 is 20.1 Å². The van der Waals surface area contributed by atoms with E-state index in [1.54, 1.807) is 4.57 Å². The summed E-state index contributed by atoms with van der Waals surface area (Å²) in [6.07, 6.45) is 4.56. The van der Waals surface area contributed by atoms with Crippen LogP contribution in [0.4, 0.5) is 4.39 Å². The third kappa shape index (κ3) is 2.77. The van der Waals surface area contributed by atoms with Gasteiger partial charge in [-0.3, -0.25) is 4.79 Å². The quantitative estimate of drug-likeness (QED) is 0.848. The highest BCUT2D eigenvalue weighted by atomic mass is 35.5. The van der Waals surface area contributed by atoms with Gasteiger partial charge in [0.05, 0.1) is 16.4 Å². The van der Waals surface area contributed by atoms with Crippen LogP contribution in [0, 0.1) is 5.82 Å². The Morgan fingerprint density at radius 3 is 2.72 bits per heavy atom. The zero-order valence-electron chi connectivity index (χ0n) is 13.2. The Hall–Kier alpha value is -2.12. The number of nitrogens with zero attached hydrogens (tertiary/aromatic N) is 1. The number of hydrogen-bond donors (Lipinski definition) is 2. The Labute approximate surface area is 146 Å². The minimum absolute atomic E-state index is 0.0276. The number of fused-ring (bicyclic) bond motifs is 1. The Morgan fingerprint density at radius 1 is 1.48 bits per heavy atom. The zero-order chi connectivity index (χ0) is 17.9. The molecule has 0 radical (unpaired) electrons. The first-order valence-electron chi connectivity index (χ1n) is 8.02. The van der Waals surface area contributed by atoms with Crippen LogP contribution in [0.2, 0.25) is 5.02 Å². The molecule has 0 aliphatic heterocycles. The number of benzene rings is 1. The average Bonchev–Trinajstić information content (AvgIpc) is 3.45. The largest absolute Gasteiger partial charge is 0.487 e. The van der Waals surface area contributed by atoms with E-state index in [9.17, 15) is 19.1 Å². The van der Waals surface area contributed by atoms with E-state index >= 15 is 0 Å². The van der Waals surface area contributed by atoms with Crippen molar-refractivity contribution in [2.24, 2.45) is 5.73 Å². The number of halogens is 2. The Morgan fingerprint density at radius 2 is 2.16 bits per heavy atom. The summed E-state index contributed by atoms with van der Waals surface area (Å²) in [6, 6.07) is 1.04. The lowest BCUT2D eigenvalue weighted by Crippen LogP contribution is -2.30. The Kier molecular flexibility index (Phi) is 3.56. The van der Waals surface area contributed by atoms with E-state index in [2.05, 4.69) is 0 Å². The fraction of sp³-hybridized carbons (Fsp3) is 0.412. The first kappa shape index (κ1) is 16.4. The molecule has 0 bridgehead atoms. The van der Waals surface area contributed by atoms with Crippen LogP contribution in [0.15, 0.2) is 17.1 Å². The molecule has 2 aromatic rings. The molecule has 2 aliphatic rings. The molecule has 8 heteroatoms. The van der Waals surface area contributed by atoms with Crippen molar-refractivity contribution < 1.29 is 19.0 Å². The number of hydrogen-bond acceptors (Lipinski definition) is 4.